The number of pyridine rings is 1. The molecule has 0 fully saturated rings. The Morgan fingerprint density at radius 1 is 1.19 bits per heavy atom. The molecule has 2 heterocycles. The first-order valence-corrected chi connectivity index (χ1v) is 10.2. The summed E-state index contributed by atoms with van der Waals surface area (Å²) in [5.74, 6) is 1.15. The number of methoxy groups -OCH3 is 2. The van der Waals surface area contributed by atoms with E-state index in [4.69, 9.17) is 9.47 Å². The van der Waals surface area contributed by atoms with E-state index in [1.165, 1.54) is 0 Å². The van der Waals surface area contributed by atoms with E-state index in [0.717, 1.165) is 27.8 Å². The van der Waals surface area contributed by atoms with E-state index in [0.29, 0.717) is 29.1 Å². The Labute approximate surface area is 181 Å². The van der Waals surface area contributed by atoms with E-state index in [1.54, 1.807) is 25.9 Å². The predicted molar refractivity (Wildman–Crippen MR) is 120 cm³/mol. The highest BCUT2D eigenvalue weighted by Crippen LogP contribution is 2.33. The number of fused-ring (bicyclic) bond motifs is 1. The number of nitrogens with one attached hydrogen (secondary N) is 2. The van der Waals surface area contributed by atoms with Crippen LogP contribution in [0.3, 0.4) is 0 Å². The largest absolute Gasteiger partial charge is 0.493 e. The first-order chi connectivity index (χ1) is 14.7. The number of rotatable bonds is 7. The summed E-state index contributed by atoms with van der Waals surface area (Å²) < 4.78 is 12.4. The summed E-state index contributed by atoms with van der Waals surface area (Å²) in [7, 11) is 4.98. The number of aryl methyl sites for hydroxylation is 4. The maximum Gasteiger partial charge on any atom is 0.253 e. The molecule has 0 aliphatic carbocycles. The van der Waals surface area contributed by atoms with E-state index in [1.807, 2.05) is 39.8 Å². The van der Waals surface area contributed by atoms with Gasteiger partial charge in [0.05, 0.1) is 26.0 Å². The van der Waals surface area contributed by atoms with Crippen LogP contribution in [0.4, 0.5) is 0 Å². The lowest BCUT2D eigenvalue weighted by Crippen LogP contribution is -2.28. The highest BCUT2D eigenvalue weighted by atomic mass is 16.5. The Hall–Kier alpha value is -3.29. The van der Waals surface area contributed by atoms with Gasteiger partial charge in [-0.15, -0.1) is 0 Å². The second-order valence-electron chi connectivity index (χ2n) is 7.84. The molecule has 0 spiro atoms. The van der Waals surface area contributed by atoms with E-state index >= 15 is 0 Å². The highest BCUT2D eigenvalue weighted by Gasteiger charge is 2.18. The van der Waals surface area contributed by atoms with Gasteiger partial charge in [-0.2, -0.15) is 5.10 Å². The van der Waals surface area contributed by atoms with Crippen molar-refractivity contribution in [2.24, 2.45) is 7.05 Å². The molecule has 3 rings (SSSR count). The SMILES string of the molecule is COc1cc(C)c(C(C)NC(=O)CCc2c(C)c3c(C)nn(C)c3[nH]c2=O)cc1OC. The Balaban J connectivity index is 1.75. The van der Waals surface area contributed by atoms with Crippen molar-refractivity contribution in [1.29, 1.82) is 0 Å². The Morgan fingerprint density at radius 2 is 1.84 bits per heavy atom. The normalized spacial score (nSPS) is 12.1. The molecular formula is C23H30N4O4. The summed E-state index contributed by atoms with van der Waals surface area (Å²) in [6, 6.07) is 3.56. The molecule has 31 heavy (non-hydrogen) atoms. The van der Waals surface area contributed by atoms with Gasteiger partial charge in [-0.05, 0) is 62.9 Å². The van der Waals surface area contributed by atoms with Gasteiger partial charge >= 0.3 is 0 Å². The first kappa shape index (κ1) is 22.4. The number of aromatic amines is 1. The van der Waals surface area contributed by atoms with Crippen LogP contribution in [0.25, 0.3) is 11.0 Å². The molecule has 0 saturated heterocycles. The predicted octanol–water partition coefficient (Wildman–Crippen LogP) is 3.01. The van der Waals surface area contributed by atoms with Gasteiger partial charge in [0.15, 0.2) is 11.5 Å². The van der Waals surface area contributed by atoms with Crippen molar-refractivity contribution < 1.29 is 14.3 Å². The number of aromatic nitrogens is 3. The molecule has 1 atom stereocenters. The lowest BCUT2D eigenvalue weighted by atomic mass is 10.00. The molecule has 0 aliphatic heterocycles. The number of carbonyl (C=O) groups excluding carboxylic acids is 1. The number of carbonyl (C=O) groups is 1. The Bertz CT molecular complexity index is 1190. The van der Waals surface area contributed by atoms with Crippen molar-refractivity contribution in [3.63, 3.8) is 0 Å². The average molecular weight is 427 g/mol. The number of H-pyrrole nitrogens is 1. The van der Waals surface area contributed by atoms with Crippen LogP contribution in [-0.2, 0) is 18.3 Å². The van der Waals surface area contributed by atoms with Crippen LogP contribution in [0.2, 0.25) is 0 Å². The second-order valence-corrected chi connectivity index (χ2v) is 7.84. The van der Waals surface area contributed by atoms with Gasteiger partial charge in [0.1, 0.15) is 5.65 Å². The molecule has 2 aromatic heterocycles. The van der Waals surface area contributed by atoms with E-state index < -0.39 is 0 Å². The third kappa shape index (κ3) is 4.28. The highest BCUT2D eigenvalue weighted by molar-refractivity contribution is 5.83. The molecule has 2 N–H and O–H groups in total. The molecule has 8 nitrogen and oxygen atoms in total. The van der Waals surface area contributed by atoms with Crippen molar-refractivity contribution in [1.82, 2.24) is 20.1 Å². The lowest BCUT2D eigenvalue weighted by molar-refractivity contribution is -0.121. The van der Waals surface area contributed by atoms with Crippen LogP contribution < -0.4 is 20.3 Å². The zero-order valence-corrected chi connectivity index (χ0v) is 19.2. The van der Waals surface area contributed by atoms with Crippen LogP contribution >= 0.6 is 0 Å². The maximum absolute atomic E-state index is 12.7. The summed E-state index contributed by atoms with van der Waals surface area (Å²) >= 11 is 0. The minimum atomic E-state index is -0.213. The summed E-state index contributed by atoms with van der Waals surface area (Å²) in [5, 5.41) is 8.34. The second kappa shape index (κ2) is 8.83. The zero-order chi connectivity index (χ0) is 22.9. The van der Waals surface area contributed by atoms with Gasteiger partial charge in [-0.1, -0.05) is 0 Å². The third-order valence-corrected chi connectivity index (χ3v) is 5.77. The zero-order valence-electron chi connectivity index (χ0n) is 19.2. The van der Waals surface area contributed by atoms with E-state index in [9.17, 15) is 9.59 Å². The van der Waals surface area contributed by atoms with Gasteiger partial charge in [0, 0.05) is 24.4 Å². The van der Waals surface area contributed by atoms with E-state index in [-0.39, 0.29) is 23.9 Å². The minimum Gasteiger partial charge on any atom is -0.493 e. The molecular weight excluding hydrogens is 396 g/mol. The number of hydrogen-bond acceptors (Lipinski definition) is 5. The fraction of sp³-hybridized carbons (Fsp3) is 0.435. The summed E-state index contributed by atoms with van der Waals surface area (Å²) in [5.41, 5.74) is 4.82. The molecule has 0 aliphatic rings. The quantitative estimate of drug-likeness (QED) is 0.605. The molecule has 0 radical (unpaired) electrons. The van der Waals surface area contributed by atoms with Crippen LogP contribution in [0.5, 0.6) is 11.5 Å². The van der Waals surface area contributed by atoms with Gasteiger partial charge in [-0.3, -0.25) is 14.3 Å². The van der Waals surface area contributed by atoms with Crippen LogP contribution in [-0.4, -0.2) is 34.9 Å². The molecule has 0 bridgehead atoms. The number of amides is 1. The Morgan fingerprint density at radius 3 is 2.48 bits per heavy atom. The average Bonchev–Trinajstić information content (AvgIpc) is 3.00. The maximum atomic E-state index is 12.7. The molecule has 0 saturated carbocycles. The lowest BCUT2D eigenvalue weighted by Gasteiger charge is -2.19. The van der Waals surface area contributed by atoms with Gasteiger partial charge in [-0.25, -0.2) is 0 Å². The minimum absolute atomic E-state index is 0.122. The summed E-state index contributed by atoms with van der Waals surface area (Å²) in [4.78, 5) is 28.1. The summed E-state index contributed by atoms with van der Waals surface area (Å²) in [6.45, 7) is 7.72. The van der Waals surface area contributed by atoms with Gasteiger partial charge in [0.2, 0.25) is 5.91 Å². The molecule has 8 heteroatoms. The third-order valence-electron chi connectivity index (χ3n) is 5.77. The number of benzene rings is 1. The van der Waals surface area contributed by atoms with Crippen molar-refractivity contribution in [3.05, 3.63) is 50.4 Å². The monoisotopic (exact) mass is 426 g/mol. The van der Waals surface area contributed by atoms with Crippen molar-refractivity contribution >= 4 is 16.9 Å². The number of ether oxygens (including phenoxy) is 2. The van der Waals surface area contributed by atoms with Crippen molar-refractivity contribution in [2.75, 3.05) is 14.2 Å². The molecule has 3 aromatic rings. The molecule has 1 aromatic carbocycles. The molecule has 166 valence electrons. The number of nitrogens with zero attached hydrogens (tertiary/aromatic N) is 2. The topological polar surface area (TPSA) is 98.2 Å². The fourth-order valence-electron chi connectivity index (χ4n) is 4.15. The van der Waals surface area contributed by atoms with Crippen molar-refractivity contribution in [2.45, 2.75) is 46.6 Å². The number of hydrogen-bond donors (Lipinski definition) is 2. The smallest absolute Gasteiger partial charge is 0.253 e. The summed E-state index contributed by atoms with van der Waals surface area (Å²) in [6.07, 6.45) is 0.570. The fourth-order valence-corrected chi connectivity index (χ4v) is 4.15. The van der Waals surface area contributed by atoms with Gasteiger partial charge in [0.25, 0.3) is 5.56 Å². The Kier molecular flexibility index (Phi) is 6.38. The van der Waals surface area contributed by atoms with Crippen molar-refractivity contribution in [3.8, 4) is 11.5 Å². The first-order valence-electron chi connectivity index (χ1n) is 10.2. The molecule has 1 unspecified atom stereocenters. The van der Waals surface area contributed by atoms with Crippen LogP contribution in [0.1, 0.15) is 47.3 Å². The van der Waals surface area contributed by atoms with Crippen LogP contribution in [0.15, 0.2) is 16.9 Å². The van der Waals surface area contributed by atoms with Gasteiger partial charge < -0.3 is 19.8 Å². The standard InChI is InChI=1S/C23H30N4O4/c1-12-10-18(30-6)19(31-7)11-17(12)14(3)24-20(28)9-8-16-13(2)21-15(4)26-27(5)22(21)25-23(16)29/h10-11,14H,8-9H2,1-7H3,(H,24,28)(H,25,29). The van der Waals surface area contributed by atoms with Crippen LogP contribution in [0, 0.1) is 20.8 Å². The van der Waals surface area contributed by atoms with E-state index in [2.05, 4.69) is 15.4 Å². The molecule has 1 amide bonds.